The summed E-state index contributed by atoms with van der Waals surface area (Å²) < 4.78 is 40.7. The van der Waals surface area contributed by atoms with Crippen molar-refractivity contribution in [2.45, 2.75) is 44.0 Å². The van der Waals surface area contributed by atoms with Crippen LogP contribution in [0, 0.1) is 0 Å². The van der Waals surface area contributed by atoms with Crippen molar-refractivity contribution in [2.24, 2.45) is 0 Å². The summed E-state index contributed by atoms with van der Waals surface area (Å²) in [4.78, 5) is 11.0. The zero-order valence-corrected chi connectivity index (χ0v) is 9.98. The third-order valence-corrected chi connectivity index (χ3v) is 2.84. The Kier molecular flexibility index (Phi) is 5.52. The van der Waals surface area contributed by atoms with Gasteiger partial charge in [0.1, 0.15) is 12.5 Å². The number of rotatable bonds is 4. The maximum Gasteiger partial charge on any atom is 0.411 e. The fourth-order valence-electron chi connectivity index (χ4n) is 1.91. The molecule has 0 aromatic rings. The van der Waals surface area contributed by atoms with Crippen LogP contribution in [-0.4, -0.2) is 36.7 Å². The molecule has 0 saturated heterocycles. The predicted octanol–water partition coefficient (Wildman–Crippen LogP) is 2.23. The second kappa shape index (κ2) is 6.44. The van der Waals surface area contributed by atoms with Crippen molar-refractivity contribution in [3.63, 3.8) is 0 Å². The number of halogens is 4. The molecule has 0 spiro atoms. The largest absolute Gasteiger partial charge is 0.411 e. The SMILES string of the molecule is O=C(CCl)NC1CCCC(OCC(F)(F)F)C1. The van der Waals surface area contributed by atoms with E-state index in [0.717, 1.165) is 12.8 Å². The highest BCUT2D eigenvalue weighted by atomic mass is 35.5. The highest BCUT2D eigenvalue weighted by molar-refractivity contribution is 6.27. The van der Waals surface area contributed by atoms with Crippen LogP contribution < -0.4 is 5.32 Å². The molecule has 1 amide bonds. The highest BCUT2D eigenvalue weighted by Crippen LogP contribution is 2.24. The molecule has 0 aromatic carbocycles. The lowest BCUT2D eigenvalue weighted by Gasteiger charge is -2.29. The first-order chi connectivity index (χ1) is 7.90. The van der Waals surface area contributed by atoms with Crippen LogP contribution >= 0.6 is 11.6 Å². The Morgan fingerprint density at radius 3 is 2.71 bits per heavy atom. The Labute approximate surface area is 103 Å². The Morgan fingerprint density at radius 2 is 2.12 bits per heavy atom. The molecule has 0 heterocycles. The van der Waals surface area contributed by atoms with Gasteiger partial charge in [-0.3, -0.25) is 4.79 Å². The molecule has 3 nitrogen and oxygen atoms in total. The van der Waals surface area contributed by atoms with E-state index in [1.807, 2.05) is 0 Å². The molecule has 17 heavy (non-hydrogen) atoms. The van der Waals surface area contributed by atoms with Crippen molar-refractivity contribution in [2.75, 3.05) is 12.5 Å². The molecule has 1 aliphatic rings. The lowest BCUT2D eigenvalue weighted by atomic mass is 9.93. The van der Waals surface area contributed by atoms with Crippen molar-refractivity contribution in [3.8, 4) is 0 Å². The van der Waals surface area contributed by atoms with Crippen molar-refractivity contribution >= 4 is 17.5 Å². The minimum absolute atomic E-state index is 0.131. The van der Waals surface area contributed by atoms with E-state index >= 15 is 0 Å². The molecule has 0 aliphatic heterocycles. The quantitative estimate of drug-likeness (QED) is 0.798. The molecule has 0 bridgehead atoms. The molecule has 1 aliphatic carbocycles. The Morgan fingerprint density at radius 1 is 1.41 bits per heavy atom. The smallest absolute Gasteiger partial charge is 0.369 e. The van der Waals surface area contributed by atoms with Crippen LogP contribution in [0.25, 0.3) is 0 Å². The van der Waals surface area contributed by atoms with Crippen LogP contribution in [0.1, 0.15) is 25.7 Å². The van der Waals surface area contributed by atoms with Crippen LogP contribution in [-0.2, 0) is 9.53 Å². The maximum atomic E-state index is 12.0. The maximum absolute atomic E-state index is 12.0. The molecule has 0 aromatic heterocycles. The standard InChI is InChI=1S/C10H15ClF3NO2/c11-5-9(16)15-7-2-1-3-8(4-7)17-6-10(12,13)14/h7-8H,1-6H2,(H,15,16). The molecule has 2 atom stereocenters. The third kappa shape index (κ3) is 6.12. The minimum Gasteiger partial charge on any atom is -0.369 e. The fourth-order valence-corrected chi connectivity index (χ4v) is 1.98. The molecular weight excluding hydrogens is 259 g/mol. The molecule has 1 rings (SSSR count). The van der Waals surface area contributed by atoms with Crippen LogP contribution in [0.15, 0.2) is 0 Å². The van der Waals surface area contributed by atoms with Crippen molar-refractivity contribution < 1.29 is 22.7 Å². The fraction of sp³-hybridized carbons (Fsp3) is 0.900. The average Bonchev–Trinajstić information content (AvgIpc) is 2.26. The normalized spacial score (nSPS) is 25.6. The van der Waals surface area contributed by atoms with Gasteiger partial charge in [-0.15, -0.1) is 11.6 Å². The van der Waals surface area contributed by atoms with E-state index < -0.39 is 18.9 Å². The third-order valence-electron chi connectivity index (χ3n) is 2.60. The first-order valence-electron chi connectivity index (χ1n) is 5.44. The first kappa shape index (κ1) is 14.6. The molecule has 100 valence electrons. The molecule has 0 radical (unpaired) electrons. The van der Waals surface area contributed by atoms with Crippen LogP contribution in [0.2, 0.25) is 0 Å². The van der Waals surface area contributed by atoms with Crippen LogP contribution in [0.5, 0.6) is 0 Å². The topological polar surface area (TPSA) is 38.3 Å². The number of amides is 1. The van der Waals surface area contributed by atoms with Gasteiger partial charge >= 0.3 is 6.18 Å². The van der Waals surface area contributed by atoms with Gasteiger partial charge in [-0.05, 0) is 25.7 Å². The summed E-state index contributed by atoms with van der Waals surface area (Å²) in [6, 6.07) is -0.131. The highest BCUT2D eigenvalue weighted by Gasteiger charge is 2.31. The summed E-state index contributed by atoms with van der Waals surface area (Å²) in [6.07, 6.45) is -2.22. The molecule has 2 unspecified atom stereocenters. The van der Waals surface area contributed by atoms with Gasteiger partial charge in [0.05, 0.1) is 6.10 Å². The molecule has 7 heteroatoms. The molecule has 1 saturated carbocycles. The van der Waals surface area contributed by atoms with Gasteiger partial charge in [-0.25, -0.2) is 0 Å². The van der Waals surface area contributed by atoms with Crippen molar-refractivity contribution in [1.82, 2.24) is 5.32 Å². The van der Waals surface area contributed by atoms with Gasteiger partial charge in [0, 0.05) is 6.04 Å². The van der Waals surface area contributed by atoms with Gasteiger partial charge in [0.25, 0.3) is 0 Å². The second-order valence-corrected chi connectivity index (χ2v) is 4.38. The predicted molar refractivity (Wildman–Crippen MR) is 56.9 cm³/mol. The monoisotopic (exact) mass is 273 g/mol. The van der Waals surface area contributed by atoms with E-state index in [1.165, 1.54) is 0 Å². The van der Waals surface area contributed by atoms with Gasteiger partial charge in [0.15, 0.2) is 0 Å². The Balaban J connectivity index is 2.31. The van der Waals surface area contributed by atoms with E-state index in [1.54, 1.807) is 0 Å². The first-order valence-corrected chi connectivity index (χ1v) is 5.98. The summed E-state index contributed by atoms with van der Waals surface area (Å²) in [5.41, 5.74) is 0. The molecule has 1 N–H and O–H groups in total. The number of carbonyl (C=O) groups excluding carboxylic acids is 1. The zero-order valence-electron chi connectivity index (χ0n) is 9.23. The number of ether oxygens (including phenoxy) is 1. The van der Waals surface area contributed by atoms with E-state index in [9.17, 15) is 18.0 Å². The summed E-state index contributed by atoms with van der Waals surface area (Å²) in [7, 11) is 0. The van der Waals surface area contributed by atoms with Crippen LogP contribution in [0.3, 0.4) is 0 Å². The van der Waals surface area contributed by atoms with Gasteiger partial charge < -0.3 is 10.1 Å². The van der Waals surface area contributed by atoms with Crippen molar-refractivity contribution in [3.05, 3.63) is 0 Å². The number of hydrogen-bond donors (Lipinski definition) is 1. The lowest BCUT2D eigenvalue weighted by Crippen LogP contribution is -2.41. The summed E-state index contributed by atoms with van der Waals surface area (Å²) in [5.74, 6) is -0.432. The van der Waals surface area contributed by atoms with E-state index in [2.05, 4.69) is 5.32 Å². The van der Waals surface area contributed by atoms with Gasteiger partial charge in [0.2, 0.25) is 5.91 Å². The zero-order chi connectivity index (χ0) is 12.9. The van der Waals surface area contributed by atoms with Crippen molar-refractivity contribution in [1.29, 1.82) is 0 Å². The number of nitrogens with one attached hydrogen (secondary N) is 1. The number of carbonyl (C=O) groups is 1. The second-order valence-electron chi connectivity index (χ2n) is 4.11. The molecular formula is C10H15ClF3NO2. The summed E-state index contributed by atoms with van der Waals surface area (Å²) in [5, 5.41) is 2.66. The average molecular weight is 274 g/mol. The Hall–Kier alpha value is -0.490. The van der Waals surface area contributed by atoms with Gasteiger partial charge in [-0.2, -0.15) is 13.2 Å². The lowest BCUT2D eigenvalue weighted by molar-refractivity contribution is -0.188. The van der Waals surface area contributed by atoms with Gasteiger partial charge in [-0.1, -0.05) is 0 Å². The number of hydrogen-bond acceptors (Lipinski definition) is 2. The Bertz CT molecular complexity index is 260. The summed E-state index contributed by atoms with van der Waals surface area (Å²) >= 11 is 5.34. The van der Waals surface area contributed by atoms with E-state index in [0.29, 0.717) is 12.8 Å². The minimum atomic E-state index is -4.30. The summed E-state index contributed by atoms with van der Waals surface area (Å²) in [6.45, 7) is -1.23. The molecule has 1 fully saturated rings. The van der Waals surface area contributed by atoms with Crippen LogP contribution in [0.4, 0.5) is 13.2 Å². The number of alkyl halides is 4. The van der Waals surface area contributed by atoms with E-state index in [4.69, 9.17) is 16.3 Å². The van der Waals surface area contributed by atoms with E-state index in [-0.39, 0.29) is 17.8 Å².